The van der Waals surface area contributed by atoms with E-state index in [1.165, 1.54) is 11.8 Å². The number of thioether (sulfide) groups is 1. The number of aromatic nitrogens is 5. The highest BCUT2D eigenvalue weighted by atomic mass is 35.5. The summed E-state index contributed by atoms with van der Waals surface area (Å²) in [7, 11) is 0. The molecule has 0 aliphatic carbocycles. The van der Waals surface area contributed by atoms with Crippen molar-refractivity contribution in [2.45, 2.75) is 19.0 Å². The van der Waals surface area contributed by atoms with E-state index in [4.69, 9.17) is 11.6 Å². The summed E-state index contributed by atoms with van der Waals surface area (Å²) < 4.78 is 3.79. The van der Waals surface area contributed by atoms with Gasteiger partial charge in [-0.15, -0.1) is 10.2 Å². The molecule has 0 aliphatic heterocycles. The highest BCUT2D eigenvalue weighted by molar-refractivity contribution is 7.99. The maximum absolute atomic E-state index is 12.6. The van der Waals surface area contributed by atoms with Gasteiger partial charge in [0, 0.05) is 21.8 Å². The number of carbonyl (C=O) groups is 1. The largest absolute Gasteiger partial charge is 0.272 e. The Morgan fingerprint density at radius 1 is 0.947 bits per heavy atom. The summed E-state index contributed by atoms with van der Waals surface area (Å²) in [5.74, 6) is 0.521. The van der Waals surface area contributed by atoms with Gasteiger partial charge in [0.15, 0.2) is 11.0 Å². The van der Waals surface area contributed by atoms with E-state index in [0.29, 0.717) is 16.0 Å². The van der Waals surface area contributed by atoms with Gasteiger partial charge in [-0.1, -0.05) is 59.8 Å². The second kappa shape index (κ2) is 11.5. The van der Waals surface area contributed by atoms with Gasteiger partial charge in [-0.2, -0.15) is 10.2 Å². The molecule has 5 rings (SSSR count). The Morgan fingerprint density at radius 2 is 1.61 bits per heavy atom. The van der Waals surface area contributed by atoms with Gasteiger partial charge in [0.2, 0.25) is 0 Å². The van der Waals surface area contributed by atoms with E-state index in [1.807, 2.05) is 108 Å². The molecule has 0 bridgehead atoms. The zero-order valence-corrected chi connectivity index (χ0v) is 22.3. The molecule has 0 fully saturated rings. The molecule has 0 aliphatic rings. The van der Waals surface area contributed by atoms with E-state index in [1.54, 1.807) is 6.21 Å². The number of carbonyl (C=O) groups excluding carboxylic acids is 1. The summed E-state index contributed by atoms with van der Waals surface area (Å²) in [5, 5.41) is 18.8. The van der Waals surface area contributed by atoms with Gasteiger partial charge < -0.3 is 0 Å². The van der Waals surface area contributed by atoms with Crippen molar-refractivity contribution in [2.24, 2.45) is 5.10 Å². The van der Waals surface area contributed by atoms with Crippen molar-refractivity contribution in [3.8, 4) is 22.8 Å². The van der Waals surface area contributed by atoms with E-state index in [0.717, 1.165) is 33.9 Å². The van der Waals surface area contributed by atoms with Gasteiger partial charge in [-0.3, -0.25) is 9.36 Å². The van der Waals surface area contributed by atoms with Gasteiger partial charge in [0.1, 0.15) is 0 Å². The van der Waals surface area contributed by atoms with Crippen LogP contribution in [0.25, 0.3) is 22.8 Å². The summed E-state index contributed by atoms with van der Waals surface area (Å²) in [6.07, 6.45) is 1.63. The van der Waals surface area contributed by atoms with Crippen LogP contribution in [0, 0.1) is 13.8 Å². The van der Waals surface area contributed by atoms with Crippen LogP contribution in [0.1, 0.15) is 17.0 Å². The van der Waals surface area contributed by atoms with Crippen LogP contribution in [0.3, 0.4) is 0 Å². The Hall–Kier alpha value is -4.21. The van der Waals surface area contributed by atoms with Gasteiger partial charge in [0.05, 0.1) is 29.0 Å². The molecule has 38 heavy (non-hydrogen) atoms. The molecular formula is C28H24ClN7OS. The summed E-state index contributed by atoms with van der Waals surface area (Å²) in [6.45, 7) is 3.89. The molecule has 190 valence electrons. The third-order valence-electron chi connectivity index (χ3n) is 5.81. The lowest BCUT2D eigenvalue weighted by atomic mass is 10.2. The Bertz CT molecular complexity index is 1580. The van der Waals surface area contributed by atoms with Crippen molar-refractivity contribution in [2.75, 3.05) is 5.75 Å². The molecule has 0 atom stereocenters. The van der Waals surface area contributed by atoms with Crippen LogP contribution in [0.2, 0.25) is 5.02 Å². The molecule has 3 aromatic carbocycles. The van der Waals surface area contributed by atoms with Crippen LogP contribution < -0.4 is 5.43 Å². The third-order valence-corrected chi connectivity index (χ3v) is 6.99. The number of hydrazone groups is 1. The molecule has 1 N–H and O–H groups in total. The van der Waals surface area contributed by atoms with E-state index in [2.05, 4.69) is 25.8 Å². The lowest BCUT2D eigenvalue weighted by Gasteiger charge is -2.10. The first-order chi connectivity index (χ1) is 18.5. The van der Waals surface area contributed by atoms with E-state index in [9.17, 15) is 4.79 Å². The first-order valence-corrected chi connectivity index (χ1v) is 13.2. The normalized spacial score (nSPS) is 11.2. The maximum atomic E-state index is 12.6. The molecule has 0 spiro atoms. The first-order valence-electron chi connectivity index (χ1n) is 11.8. The first kappa shape index (κ1) is 25.4. The summed E-state index contributed by atoms with van der Waals surface area (Å²) in [5.41, 5.74) is 7.96. The highest BCUT2D eigenvalue weighted by Crippen LogP contribution is 2.28. The monoisotopic (exact) mass is 541 g/mol. The Morgan fingerprint density at radius 3 is 2.29 bits per heavy atom. The number of hydrogen-bond donors (Lipinski definition) is 1. The number of nitrogens with one attached hydrogen (secondary N) is 1. The minimum Gasteiger partial charge on any atom is -0.272 e. The minimum absolute atomic E-state index is 0.115. The minimum atomic E-state index is -0.257. The number of benzene rings is 3. The fourth-order valence-electron chi connectivity index (χ4n) is 3.95. The molecular weight excluding hydrogens is 518 g/mol. The lowest BCUT2D eigenvalue weighted by Crippen LogP contribution is -2.20. The molecule has 8 nitrogen and oxygen atoms in total. The summed E-state index contributed by atoms with van der Waals surface area (Å²) in [6, 6.07) is 27.1. The average molecular weight is 542 g/mol. The summed E-state index contributed by atoms with van der Waals surface area (Å²) in [4.78, 5) is 12.6. The number of hydrogen-bond acceptors (Lipinski definition) is 6. The predicted octanol–water partition coefficient (Wildman–Crippen LogP) is 5.63. The van der Waals surface area contributed by atoms with Crippen LogP contribution in [0.15, 0.2) is 95.2 Å². The van der Waals surface area contributed by atoms with Crippen molar-refractivity contribution in [3.63, 3.8) is 0 Å². The van der Waals surface area contributed by atoms with Crippen molar-refractivity contribution in [1.29, 1.82) is 0 Å². The molecule has 0 saturated carbocycles. The average Bonchev–Trinajstić information content (AvgIpc) is 3.49. The van der Waals surface area contributed by atoms with Crippen LogP contribution in [-0.4, -0.2) is 42.4 Å². The van der Waals surface area contributed by atoms with Crippen LogP contribution in [-0.2, 0) is 4.79 Å². The zero-order chi connectivity index (χ0) is 26.5. The van der Waals surface area contributed by atoms with E-state index < -0.39 is 0 Å². The van der Waals surface area contributed by atoms with Crippen molar-refractivity contribution >= 4 is 35.5 Å². The van der Waals surface area contributed by atoms with Crippen molar-refractivity contribution in [1.82, 2.24) is 30.0 Å². The fraction of sp³-hybridized carbons (Fsp3) is 0.107. The Labute approximate surface area is 229 Å². The lowest BCUT2D eigenvalue weighted by molar-refractivity contribution is -0.118. The van der Waals surface area contributed by atoms with Crippen molar-refractivity contribution in [3.05, 3.63) is 107 Å². The topological polar surface area (TPSA) is 90.0 Å². The Balaban J connectivity index is 1.29. The Kier molecular flexibility index (Phi) is 7.67. The number of para-hydroxylation sites is 2. The number of amides is 1. The molecule has 0 unspecified atom stereocenters. The SMILES string of the molecule is Cc1nn(-c2ccccc2)c(C)c1C=NNC(=O)CSc1nnc(-c2ccc(Cl)cc2)n1-c1ccccc1. The second-order valence-electron chi connectivity index (χ2n) is 8.40. The molecule has 10 heteroatoms. The van der Waals surface area contributed by atoms with Gasteiger partial charge in [0.25, 0.3) is 5.91 Å². The fourth-order valence-corrected chi connectivity index (χ4v) is 4.82. The van der Waals surface area contributed by atoms with Crippen LogP contribution in [0.4, 0.5) is 0 Å². The van der Waals surface area contributed by atoms with Gasteiger partial charge in [-0.05, 0) is 62.4 Å². The maximum Gasteiger partial charge on any atom is 0.250 e. The van der Waals surface area contributed by atoms with Crippen LogP contribution >= 0.6 is 23.4 Å². The smallest absolute Gasteiger partial charge is 0.250 e. The standard InChI is InChI=1S/C28H24ClN7OS/c1-19-25(20(2)36(34-19)24-11-7-4-8-12-24)17-30-31-26(37)18-38-28-33-32-27(21-13-15-22(29)16-14-21)35(28)23-9-5-3-6-10-23/h3-17H,18H2,1-2H3,(H,31,37). The quantitative estimate of drug-likeness (QED) is 0.156. The third kappa shape index (κ3) is 5.53. The summed E-state index contributed by atoms with van der Waals surface area (Å²) >= 11 is 7.35. The van der Waals surface area contributed by atoms with Gasteiger partial charge in [-0.25, -0.2) is 10.1 Å². The zero-order valence-electron chi connectivity index (χ0n) is 20.7. The number of rotatable bonds is 8. The molecule has 1 amide bonds. The molecule has 2 aromatic heterocycles. The predicted molar refractivity (Wildman–Crippen MR) is 151 cm³/mol. The number of aryl methyl sites for hydroxylation is 1. The highest BCUT2D eigenvalue weighted by Gasteiger charge is 2.17. The van der Waals surface area contributed by atoms with Gasteiger partial charge >= 0.3 is 0 Å². The molecule has 0 radical (unpaired) electrons. The molecule has 5 aromatic rings. The molecule has 2 heterocycles. The van der Waals surface area contributed by atoms with E-state index >= 15 is 0 Å². The molecule has 0 saturated heterocycles. The van der Waals surface area contributed by atoms with Crippen LogP contribution in [0.5, 0.6) is 0 Å². The number of halogens is 1. The van der Waals surface area contributed by atoms with Crippen molar-refractivity contribution < 1.29 is 4.79 Å². The number of nitrogens with zero attached hydrogens (tertiary/aromatic N) is 6. The van der Waals surface area contributed by atoms with E-state index in [-0.39, 0.29) is 11.7 Å². The second-order valence-corrected chi connectivity index (χ2v) is 9.78.